The van der Waals surface area contributed by atoms with Crippen LogP contribution in [-0.2, 0) is 31.6 Å². The van der Waals surface area contributed by atoms with Crippen LogP contribution < -0.4 is 100 Å². The standard InChI is InChI=1S/C11H18N5O12P3.4Li/c1-12-10-9-11(14-4-13-10)16(5-15-9)8-2-6(17)7(26-8)3-25-30(21,22)28-31(23,24)27-29(18,19)20;;;;/h4-8,17H,2-3H2,1H3,(H,21,22)(H,23,24)(H,12,13,14)(H2,18,19,20);;;;/q;4*+1/p-4. The Kier molecular flexibility index (Phi) is 16.4. The molecule has 0 radical (unpaired) electrons. The molecule has 17 nitrogen and oxygen atoms in total. The molecule has 0 aliphatic carbocycles. The van der Waals surface area contributed by atoms with Gasteiger partial charge in [0.1, 0.15) is 24.2 Å². The second-order valence-electron chi connectivity index (χ2n) is 6.03. The third kappa shape index (κ3) is 10.6. The van der Waals surface area contributed by atoms with E-state index in [2.05, 4.69) is 33.4 Å². The van der Waals surface area contributed by atoms with Crippen LogP contribution in [-0.4, -0.2) is 50.5 Å². The molecule has 0 aromatic carbocycles. The molecule has 0 spiro atoms. The summed E-state index contributed by atoms with van der Waals surface area (Å²) in [5.41, 5.74) is 0.778. The van der Waals surface area contributed by atoms with Gasteiger partial charge in [0, 0.05) is 13.5 Å². The molecule has 0 saturated carbocycles. The molecule has 2 aromatic rings. The van der Waals surface area contributed by atoms with Crippen molar-refractivity contribution in [2.75, 3.05) is 19.0 Å². The fourth-order valence-corrected chi connectivity index (χ4v) is 5.59. The van der Waals surface area contributed by atoms with Crippen molar-refractivity contribution in [3.63, 3.8) is 0 Å². The quantitative estimate of drug-likeness (QED) is 0.226. The largest absolute Gasteiger partial charge is 1.00 e. The van der Waals surface area contributed by atoms with Crippen LogP contribution in [0.25, 0.3) is 11.2 Å². The molecule has 3 heterocycles. The zero-order chi connectivity index (χ0) is 23.0. The Morgan fingerprint density at radius 2 is 1.71 bits per heavy atom. The Bertz CT molecular complexity index is 1110. The summed E-state index contributed by atoms with van der Waals surface area (Å²) in [6, 6.07) is 0. The summed E-state index contributed by atoms with van der Waals surface area (Å²) in [5.74, 6) is 0.441. The number of hydrogen-bond acceptors (Lipinski definition) is 16. The number of fused-ring (bicyclic) bond motifs is 1. The first-order valence-corrected chi connectivity index (χ1v) is 12.6. The molecule has 5 unspecified atom stereocenters. The number of aliphatic hydroxyl groups is 1. The monoisotopic (exact) mass is 529 g/mol. The SMILES string of the molecule is CNc1ncnc2c1ncn2C1CC(O)C(COP(=O)([O-])OP(=O)([O-])OP(=O)([O-])[O-])O1.[Li+].[Li+].[Li+].[Li+]. The van der Waals surface area contributed by atoms with E-state index in [4.69, 9.17) is 4.74 Å². The van der Waals surface area contributed by atoms with E-state index in [9.17, 15) is 38.4 Å². The number of nitrogens with one attached hydrogen (secondary N) is 1. The van der Waals surface area contributed by atoms with E-state index >= 15 is 0 Å². The van der Waals surface area contributed by atoms with E-state index in [0.29, 0.717) is 17.0 Å². The molecular formula is C11H14Li4N5O12P3. The predicted molar refractivity (Wildman–Crippen MR) is 90.3 cm³/mol. The van der Waals surface area contributed by atoms with Gasteiger partial charge in [0.2, 0.25) is 0 Å². The van der Waals surface area contributed by atoms with Crippen molar-refractivity contribution in [2.45, 2.75) is 24.9 Å². The molecule has 2 aromatic heterocycles. The molecule has 0 amide bonds. The van der Waals surface area contributed by atoms with Gasteiger partial charge in [-0.2, -0.15) is 0 Å². The minimum absolute atomic E-state index is 0. The zero-order valence-electron chi connectivity index (χ0n) is 19.4. The Balaban J connectivity index is 0. The third-order valence-electron chi connectivity index (χ3n) is 3.91. The van der Waals surface area contributed by atoms with Gasteiger partial charge < -0.3 is 43.8 Å². The van der Waals surface area contributed by atoms with Crippen molar-refractivity contribution in [1.82, 2.24) is 19.5 Å². The van der Waals surface area contributed by atoms with Gasteiger partial charge in [-0.15, -0.1) is 0 Å². The number of rotatable bonds is 9. The molecule has 1 aliphatic heterocycles. The topological polar surface area (TPSA) is 256 Å². The number of phosphoric ester groups is 1. The number of hydrogen-bond donors (Lipinski definition) is 2. The predicted octanol–water partition coefficient (Wildman–Crippen LogP) is -14.7. The molecule has 2 N–H and O–H groups in total. The number of aromatic nitrogens is 4. The molecule has 24 heteroatoms. The number of ether oxygens (including phenoxy) is 1. The average Bonchev–Trinajstić information content (AvgIpc) is 3.19. The minimum Gasteiger partial charge on any atom is -0.790 e. The molecule has 0 bridgehead atoms. The number of phosphoric acid groups is 3. The smallest absolute Gasteiger partial charge is 0.790 e. The Morgan fingerprint density at radius 1 is 1.09 bits per heavy atom. The molecular weight excluding hydrogens is 515 g/mol. The van der Waals surface area contributed by atoms with Gasteiger partial charge in [-0.25, -0.2) is 19.3 Å². The van der Waals surface area contributed by atoms with Crippen molar-refractivity contribution in [2.24, 2.45) is 0 Å². The first-order chi connectivity index (χ1) is 14.3. The summed E-state index contributed by atoms with van der Waals surface area (Å²) >= 11 is 0. The van der Waals surface area contributed by atoms with E-state index in [1.807, 2.05) is 0 Å². The maximum Gasteiger partial charge on any atom is 1.00 e. The molecule has 1 aliphatic rings. The maximum atomic E-state index is 11.6. The third-order valence-corrected chi connectivity index (χ3v) is 7.57. The number of aliphatic hydroxyl groups excluding tert-OH is 1. The van der Waals surface area contributed by atoms with Gasteiger partial charge in [0.25, 0.3) is 15.6 Å². The molecule has 174 valence electrons. The fourth-order valence-electron chi connectivity index (χ4n) is 2.73. The summed E-state index contributed by atoms with van der Waals surface area (Å²) in [4.78, 5) is 55.6. The molecule has 5 atom stereocenters. The van der Waals surface area contributed by atoms with E-state index in [1.54, 1.807) is 7.05 Å². The van der Waals surface area contributed by atoms with Crippen LogP contribution in [0.15, 0.2) is 12.7 Å². The fraction of sp³-hybridized carbons (Fsp3) is 0.545. The summed E-state index contributed by atoms with van der Waals surface area (Å²) in [7, 11) is -16.2. The van der Waals surface area contributed by atoms with Crippen LogP contribution in [0.4, 0.5) is 5.82 Å². The number of anilines is 1. The molecule has 1 saturated heterocycles. The van der Waals surface area contributed by atoms with Gasteiger partial charge in [-0.05, 0) is 0 Å². The Hall–Kier alpha value is 1.07. The van der Waals surface area contributed by atoms with Gasteiger partial charge >= 0.3 is 75.4 Å². The van der Waals surface area contributed by atoms with Gasteiger partial charge in [-0.3, -0.25) is 18.0 Å². The molecule has 35 heavy (non-hydrogen) atoms. The van der Waals surface area contributed by atoms with Crippen LogP contribution in [0.2, 0.25) is 0 Å². The number of imidazole rings is 1. The number of nitrogens with zero attached hydrogens (tertiary/aromatic N) is 4. The summed E-state index contributed by atoms with van der Waals surface area (Å²) < 4.78 is 50.9. The van der Waals surface area contributed by atoms with Gasteiger partial charge in [-0.1, -0.05) is 0 Å². The summed E-state index contributed by atoms with van der Waals surface area (Å²) in [5, 5.41) is 13.0. The average molecular weight is 529 g/mol. The second-order valence-corrected chi connectivity index (χ2v) is 10.3. The summed E-state index contributed by atoms with van der Waals surface area (Å²) in [6.45, 7) is -0.895. The van der Waals surface area contributed by atoms with Crippen molar-refractivity contribution in [3.05, 3.63) is 12.7 Å². The van der Waals surface area contributed by atoms with Crippen LogP contribution in [0.5, 0.6) is 0 Å². The van der Waals surface area contributed by atoms with Gasteiger partial charge in [0.15, 0.2) is 11.5 Å². The molecule has 3 rings (SSSR count). The van der Waals surface area contributed by atoms with Crippen molar-refractivity contribution >= 4 is 40.4 Å². The van der Waals surface area contributed by atoms with Crippen LogP contribution in [0.1, 0.15) is 12.6 Å². The van der Waals surface area contributed by atoms with Crippen LogP contribution in [0, 0.1) is 0 Å². The maximum absolute atomic E-state index is 11.6. The Morgan fingerprint density at radius 3 is 2.29 bits per heavy atom. The van der Waals surface area contributed by atoms with Crippen molar-refractivity contribution in [1.29, 1.82) is 0 Å². The van der Waals surface area contributed by atoms with E-state index in [-0.39, 0.29) is 81.9 Å². The summed E-state index contributed by atoms with van der Waals surface area (Å²) in [6.07, 6.45) is -0.711. The van der Waals surface area contributed by atoms with Crippen molar-refractivity contribution < 1.29 is 132 Å². The van der Waals surface area contributed by atoms with Crippen molar-refractivity contribution in [3.8, 4) is 0 Å². The molecule has 1 fully saturated rings. The van der Waals surface area contributed by atoms with Crippen LogP contribution >= 0.6 is 23.5 Å². The first kappa shape index (κ1) is 38.2. The second kappa shape index (κ2) is 15.0. The Labute approximate surface area is 246 Å². The zero-order valence-corrected chi connectivity index (χ0v) is 22.1. The van der Waals surface area contributed by atoms with Gasteiger partial charge in [0.05, 0.1) is 26.9 Å². The van der Waals surface area contributed by atoms with E-state index in [1.165, 1.54) is 17.2 Å². The van der Waals surface area contributed by atoms with Crippen LogP contribution in [0.3, 0.4) is 0 Å². The minimum atomic E-state index is -6.09. The van der Waals surface area contributed by atoms with E-state index in [0.717, 1.165) is 0 Å². The van der Waals surface area contributed by atoms with E-state index < -0.39 is 48.5 Å². The normalized spacial score (nSPS) is 23.0. The first-order valence-electron chi connectivity index (χ1n) is 8.20.